The average molecular weight is 239 g/mol. The highest BCUT2D eigenvalue weighted by Gasteiger charge is 2.05. The van der Waals surface area contributed by atoms with Crippen LogP contribution in [0.2, 0.25) is 0 Å². The van der Waals surface area contributed by atoms with Crippen molar-refractivity contribution >= 4 is 23.5 Å². The maximum absolute atomic E-state index is 9.78. The average Bonchev–Trinajstić information content (AvgIpc) is 2.23. The maximum Gasteiger partial charge on any atom is 0.184 e. The fraction of sp³-hybridized carbons (Fsp3) is 0.200. The summed E-state index contributed by atoms with van der Waals surface area (Å²) in [5, 5.41) is 13.6. The van der Waals surface area contributed by atoms with Crippen LogP contribution in [0.3, 0.4) is 0 Å². The van der Waals surface area contributed by atoms with Gasteiger partial charge in [0.1, 0.15) is 0 Å². The number of rotatable bonds is 4. The van der Waals surface area contributed by atoms with E-state index in [-0.39, 0.29) is 10.9 Å². The number of nitrogens with one attached hydrogen (secondary N) is 1. The highest BCUT2D eigenvalue weighted by Crippen LogP contribution is 2.28. The van der Waals surface area contributed by atoms with E-state index in [4.69, 9.17) is 10.5 Å². The number of nitrogens with two attached hydrogens (primary N) is 1. The standard InChI is InChI=1S/C10H13N3O2S/c1-2-15-8-5-3-4-7(9(8)14)6-12-13-10(11)16/h3-6,14H,2H2,1H3,(H3,11,13,16). The zero-order valence-electron chi connectivity index (χ0n) is 8.80. The Labute approximate surface area is 98.9 Å². The van der Waals surface area contributed by atoms with E-state index in [1.807, 2.05) is 6.92 Å². The van der Waals surface area contributed by atoms with Gasteiger partial charge in [-0.25, -0.2) is 0 Å². The number of para-hydroxylation sites is 1. The number of phenolic OH excluding ortho intramolecular Hbond substituents is 1. The van der Waals surface area contributed by atoms with E-state index in [0.29, 0.717) is 17.9 Å². The van der Waals surface area contributed by atoms with Crippen molar-refractivity contribution in [3.05, 3.63) is 23.8 Å². The molecule has 6 heteroatoms. The highest BCUT2D eigenvalue weighted by molar-refractivity contribution is 7.80. The zero-order valence-corrected chi connectivity index (χ0v) is 9.62. The molecule has 0 heterocycles. The summed E-state index contributed by atoms with van der Waals surface area (Å²) < 4.78 is 5.22. The van der Waals surface area contributed by atoms with E-state index in [2.05, 4.69) is 22.7 Å². The van der Waals surface area contributed by atoms with E-state index >= 15 is 0 Å². The highest BCUT2D eigenvalue weighted by atomic mass is 32.1. The third-order valence-electron chi connectivity index (χ3n) is 1.71. The topological polar surface area (TPSA) is 79.9 Å². The van der Waals surface area contributed by atoms with Crippen LogP contribution >= 0.6 is 12.2 Å². The lowest BCUT2D eigenvalue weighted by atomic mass is 10.2. The lowest BCUT2D eigenvalue weighted by Crippen LogP contribution is -2.23. The van der Waals surface area contributed by atoms with Gasteiger partial charge in [-0.3, -0.25) is 5.43 Å². The number of thiocarbonyl (C=S) groups is 1. The van der Waals surface area contributed by atoms with Crippen molar-refractivity contribution in [3.63, 3.8) is 0 Å². The predicted octanol–water partition coefficient (Wildman–Crippen LogP) is 0.958. The van der Waals surface area contributed by atoms with Crippen molar-refractivity contribution in [2.45, 2.75) is 6.92 Å². The van der Waals surface area contributed by atoms with Crippen molar-refractivity contribution < 1.29 is 9.84 Å². The lowest BCUT2D eigenvalue weighted by molar-refractivity contribution is 0.318. The molecule has 0 saturated heterocycles. The molecule has 16 heavy (non-hydrogen) atoms. The van der Waals surface area contributed by atoms with Crippen LogP contribution in [0.15, 0.2) is 23.3 Å². The lowest BCUT2D eigenvalue weighted by Gasteiger charge is -2.06. The number of phenols is 1. The summed E-state index contributed by atoms with van der Waals surface area (Å²) >= 11 is 4.58. The second kappa shape index (κ2) is 5.92. The minimum atomic E-state index is 0.0397. The quantitative estimate of drug-likeness (QED) is 0.414. The molecule has 0 spiro atoms. The number of aromatic hydroxyl groups is 1. The van der Waals surface area contributed by atoms with E-state index in [1.54, 1.807) is 18.2 Å². The van der Waals surface area contributed by atoms with Gasteiger partial charge < -0.3 is 15.6 Å². The molecule has 0 aromatic heterocycles. The monoisotopic (exact) mass is 239 g/mol. The first-order valence-electron chi connectivity index (χ1n) is 4.68. The van der Waals surface area contributed by atoms with Crippen LogP contribution in [0.4, 0.5) is 0 Å². The number of nitrogens with zero attached hydrogens (tertiary/aromatic N) is 1. The molecule has 4 N–H and O–H groups in total. The first kappa shape index (κ1) is 12.3. The molecule has 86 valence electrons. The molecule has 0 aliphatic carbocycles. The molecule has 0 radical (unpaired) electrons. The van der Waals surface area contributed by atoms with Gasteiger partial charge in [0.25, 0.3) is 0 Å². The summed E-state index contributed by atoms with van der Waals surface area (Å²) in [4.78, 5) is 0. The summed E-state index contributed by atoms with van der Waals surface area (Å²) in [5.74, 6) is 0.458. The second-order valence-corrected chi connectivity index (χ2v) is 3.30. The summed E-state index contributed by atoms with van der Waals surface area (Å²) in [7, 11) is 0. The van der Waals surface area contributed by atoms with Gasteiger partial charge in [0, 0.05) is 5.56 Å². The summed E-state index contributed by atoms with van der Waals surface area (Å²) in [6.45, 7) is 2.33. The first-order valence-corrected chi connectivity index (χ1v) is 5.09. The van der Waals surface area contributed by atoms with Gasteiger partial charge in [-0.15, -0.1) is 0 Å². The molecule has 1 rings (SSSR count). The van der Waals surface area contributed by atoms with Gasteiger partial charge >= 0.3 is 0 Å². The minimum absolute atomic E-state index is 0.0397. The first-order chi connectivity index (χ1) is 7.65. The molecule has 0 amide bonds. The van der Waals surface area contributed by atoms with Crippen molar-refractivity contribution in [3.8, 4) is 11.5 Å². The van der Waals surface area contributed by atoms with Crippen LogP contribution in [-0.4, -0.2) is 23.0 Å². The van der Waals surface area contributed by atoms with Crippen LogP contribution in [0.25, 0.3) is 0 Å². The molecule has 0 atom stereocenters. The third-order valence-corrected chi connectivity index (χ3v) is 1.80. The predicted molar refractivity (Wildman–Crippen MR) is 66.8 cm³/mol. The normalized spacial score (nSPS) is 10.3. The van der Waals surface area contributed by atoms with E-state index in [0.717, 1.165) is 0 Å². The van der Waals surface area contributed by atoms with E-state index < -0.39 is 0 Å². The molecule has 1 aromatic carbocycles. The Morgan fingerprint density at radius 1 is 1.69 bits per heavy atom. The Kier molecular flexibility index (Phi) is 4.53. The Bertz CT molecular complexity index is 407. The van der Waals surface area contributed by atoms with Crippen LogP contribution in [0.5, 0.6) is 11.5 Å². The second-order valence-electron chi connectivity index (χ2n) is 2.86. The fourth-order valence-electron chi connectivity index (χ4n) is 1.08. The SMILES string of the molecule is CCOc1cccc(C=NNC(N)=S)c1O. The molecule has 0 aliphatic rings. The zero-order chi connectivity index (χ0) is 12.0. The Morgan fingerprint density at radius 2 is 2.44 bits per heavy atom. The smallest absolute Gasteiger partial charge is 0.184 e. The molecule has 0 fully saturated rings. The molecular weight excluding hydrogens is 226 g/mol. The van der Waals surface area contributed by atoms with Crippen LogP contribution in [-0.2, 0) is 0 Å². The molecule has 0 aliphatic heterocycles. The minimum Gasteiger partial charge on any atom is -0.504 e. The summed E-state index contributed by atoms with van der Waals surface area (Å²) in [5.41, 5.74) is 8.11. The largest absolute Gasteiger partial charge is 0.504 e. The van der Waals surface area contributed by atoms with Gasteiger partial charge in [0.15, 0.2) is 16.6 Å². The Hall–Kier alpha value is -1.82. The number of hydrazone groups is 1. The van der Waals surface area contributed by atoms with Crippen molar-refractivity contribution in [1.82, 2.24) is 5.43 Å². The maximum atomic E-state index is 9.78. The summed E-state index contributed by atoms with van der Waals surface area (Å²) in [6.07, 6.45) is 1.41. The number of benzene rings is 1. The third kappa shape index (κ3) is 3.39. The Balaban J connectivity index is 2.84. The van der Waals surface area contributed by atoms with Crippen molar-refractivity contribution in [2.24, 2.45) is 10.8 Å². The van der Waals surface area contributed by atoms with Gasteiger partial charge in [0.05, 0.1) is 12.8 Å². The van der Waals surface area contributed by atoms with Crippen molar-refractivity contribution in [2.75, 3.05) is 6.61 Å². The van der Waals surface area contributed by atoms with E-state index in [9.17, 15) is 5.11 Å². The van der Waals surface area contributed by atoms with Crippen LogP contribution < -0.4 is 15.9 Å². The Morgan fingerprint density at radius 3 is 3.06 bits per heavy atom. The molecular formula is C10H13N3O2S. The molecule has 5 nitrogen and oxygen atoms in total. The van der Waals surface area contributed by atoms with Crippen LogP contribution in [0, 0.1) is 0 Å². The van der Waals surface area contributed by atoms with Crippen LogP contribution in [0.1, 0.15) is 12.5 Å². The van der Waals surface area contributed by atoms with Gasteiger partial charge in [-0.1, -0.05) is 6.07 Å². The molecule has 0 bridgehead atoms. The number of hydrogen-bond donors (Lipinski definition) is 3. The summed E-state index contributed by atoms with van der Waals surface area (Å²) in [6, 6.07) is 5.13. The van der Waals surface area contributed by atoms with E-state index in [1.165, 1.54) is 6.21 Å². The van der Waals surface area contributed by atoms with Gasteiger partial charge in [-0.2, -0.15) is 5.10 Å². The molecule has 0 unspecified atom stereocenters. The number of ether oxygens (including phenoxy) is 1. The van der Waals surface area contributed by atoms with Crippen molar-refractivity contribution in [1.29, 1.82) is 0 Å². The molecule has 0 saturated carbocycles. The number of hydrogen-bond acceptors (Lipinski definition) is 4. The van der Waals surface area contributed by atoms with Gasteiger partial charge in [-0.05, 0) is 31.3 Å². The van der Waals surface area contributed by atoms with Gasteiger partial charge in [0.2, 0.25) is 0 Å². The fourth-order valence-corrected chi connectivity index (χ4v) is 1.13. The molecule has 1 aromatic rings.